The average molecular weight is 276 g/mol. The summed E-state index contributed by atoms with van der Waals surface area (Å²) >= 11 is 0. The Balaban J connectivity index is 1.80. The number of aromatic amines is 1. The van der Waals surface area contributed by atoms with E-state index in [1.54, 1.807) is 12.1 Å². The van der Waals surface area contributed by atoms with Crippen LogP contribution in [0.25, 0.3) is 0 Å². The molecule has 0 aromatic carbocycles. The molecule has 0 aliphatic heterocycles. The van der Waals surface area contributed by atoms with E-state index in [-0.39, 0.29) is 18.6 Å². The van der Waals surface area contributed by atoms with Crippen molar-refractivity contribution in [2.75, 3.05) is 0 Å². The molecule has 0 unspecified atom stereocenters. The Labute approximate surface area is 114 Å². The highest BCUT2D eigenvalue weighted by atomic mass is 19.1. The maximum absolute atomic E-state index is 12.6. The van der Waals surface area contributed by atoms with Crippen LogP contribution in [0.3, 0.4) is 0 Å². The molecule has 3 N–H and O–H groups in total. The fourth-order valence-corrected chi connectivity index (χ4v) is 1.52. The molecule has 2 aromatic heterocycles. The van der Waals surface area contributed by atoms with E-state index >= 15 is 0 Å². The van der Waals surface area contributed by atoms with Gasteiger partial charge in [-0.2, -0.15) is 0 Å². The number of pyridine rings is 2. The van der Waals surface area contributed by atoms with Crippen molar-refractivity contribution in [1.29, 1.82) is 0 Å². The van der Waals surface area contributed by atoms with Crippen molar-refractivity contribution in [2.45, 2.75) is 13.1 Å². The van der Waals surface area contributed by atoms with E-state index in [1.807, 2.05) is 0 Å². The molecule has 2 heterocycles. The number of halogens is 1. The van der Waals surface area contributed by atoms with Crippen LogP contribution in [0.1, 0.15) is 11.3 Å². The molecule has 20 heavy (non-hydrogen) atoms. The van der Waals surface area contributed by atoms with Crippen LogP contribution in [0.5, 0.6) is 0 Å². The van der Waals surface area contributed by atoms with Gasteiger partial charge in [-0.15, -0.1) is 0 Å². The molecule has 2 rings (SSSR count). The van der Waals surface area contributed by atoms with Gasteiger partial charge in [-0.05, 0) is 18.2 Å². The van der Waals surface area contributed by atoms with Crippen LogP contribution in [0.15, 0.2) is 41.5 Å². The van der Waals surface area contributed by atoms with Gasteiger partial charge >= 0.3 is 6.03 Å². The minimum Gasteiger partial charge on any atom is -0.334 e. The Morgan fingerprint density at radius 3 is 2.75 bits per heavy atom. The Bertz CT molecular complexity index is 639. The highest BCUT2D eigenvalue weighted by molar-refractivity contribution is 5.73. The molecular weight excluding hydrogens is 263 g/mol. The second kappa shape index (κ2) is 6.46. The Morgan fingerprint density at radius 1 is 1.25 bits per heavy atom. The molecule has 2 amide bonds. The monoisotopic (exact) mass is 276 g/mol. The second-order valence-corrected chi connectivity index (χ2v) is 4.03. The lowest BCUT2D eigenvalue weighted by molar-refractivity contribution is 0.240. The summed E-state index contributed by atoms with van der Waals surface area (Å²) in [7, 11) is 0. The zero-order chi connectivity index (χ0) is 14.4. The van der Waals surface area contributed by atoms with Gasteiger partial charge in [0.05, 0.1) is 18.4 Å². The SMILES string of the molecule is O=C(NCc1ccc(F)cn1)NCc1ccc[nH]c1=O. The standard InChI is InChI=1S/C13H13FN4O2/c14-10-3-4-11(16-7-10)8-18-13(20)17-6-9-2-1-5-15-12(9)19/h1-5,7H,6,8H2,(H,15,19)(H2,17,18,20). The molecular formula is C13H13FN4O2. The zero-order valence-electron chi connectivity index (χ0n) is 10.5. The van der Waals surface area contributed by atoms with E-state index in [1.165, 1.54) is 18.3 Å². The fraction of sp³-hybridized carbons (Fsp3) is 0.154. The highest BCUT2D eigenvalue weighted by Crippen LogP contribution is 1.97. The van der Waals surface area contributed by atoms with Gasteiger partial charge in [-0.25, -0.2) is 9.18 Å². The molecule has 0 saturated carbocycles. The first-order valence-electron chi connectivity index (χ1n) is 5.94. The van der Waals surface area contributed by atoms with Crippen LogP contribution in [0, 0.1) is 5.82 Å². The summed E-state index contributed by atoms with van der Waals surface area (Å²) in [6, 6.07) is 5.63. The summed E-state index contributed by atoms with van der Waals surface area (Å²) in [4.78, 5) is 29.2. The first kappa shape index (κ1) is 13.7. The number of carbonyl (C=O) groups is 1. The Kier molecular flexibility index (Phi) is 4.43. The molecule has 0 fully saturated rings. The number of rotatable bonds is 4. The molecule has 7 heteroatoms. The van der Waals surface area contributed by atoms with Crippen LogP contribution in [-0.4, -0.2) is 16.0 Å². The third-order valence-corrected chi connectivity index (χ3v) is 2.56. The maximum atomic E-state index is 12.6. The van der Waals surface area contributed by atoms with Crippen molar-refractivity contribution >= 4 is 6.03 Å². The summed E-state index contributed by atoms with van der Waals surface area (Å²) in [5.74, 6) is -0.429. The van der Waals surface area contributed by atoms with Gasteiger partial charge in [0.15, 0.2) is 0 Å². The van der Waals surface area contributed by atoms with Crippen molar-refractivity contribution in [3.05, 3.63) is 64.1 Å². The molecule has 0 radical (unpaired) electrons. The molecule has 0 spiro atoms. The number of hydrogen-bond donors (Lipinski definition) is 3. The van der Waals surface area contributed by atoms with E-state index < -0.39 is 11.8 Å². The van der Waals surface area contributed by atoms with Crippen molar-refractivity contribution in [3.63, 3.8) is 0 Å². The van der Waals surface area contributed by atoms with Crippen LogP contribution in [0.4, 0.5) is 9.18 Å². The third-order valence-electron chi connectivity index (χ3n) is 2.56. The second-order valence-electron chi connectivity index (χ2n) is 4.03. The molecule has 104 valence electrons. The van der Waals surface area contributed by atoms with Gasteiger partial charge in [0.2, 0.25) is 0 Å². The number of hydrogen-bond acceptors (Lipinski definition) is 3. The molecule has 0 bridgehead atoms. The average Bonchev–Trinajstić information content (AvgIpc) is 2.46. The molecule has 0 saturated heterocycles. The van der Waals surface area contributed by atoms with Crippen molar-refractivity contribution < 1.29 is 9.18 Å². The van der Waals surface area contributed by atoms with E-state index in [0.29, 0.717) is 11.3 Å². The van der Waals surface area contributed by atoms with E-state index in [2.05, 4.69) is 20.6 Å². The molecule has 0 atom stereocenters. The molecule has 6 nitrogen and oxygen atoms in total. The first-order chi connectivity index (χ1) is 9.65. The summed E-state index contributed by atoms with van der Waals surface area (Å²) in [6.45, 7) is 0.302. The van der Waals surface area contributed by atoms with Gasteiger partial charge in [-0.1, -0.05) is 6.07 Å². The number of nitrogens with one attached hydrogen (secondary N) is 3. The Morgan fingerprint density at radius 2 is 2.05 bits per heavy atom. The van der Waals surface area contributed by atoms with Crippen LogP contribution in [-0.2, 0) is 13.1 Å². The predicted molar refractivity (Wildman–Crippen MR) is 70.3 cm³/mol. The van der Waals surface area contributed by atoms with Crippen LogP contribution in [0.2, 0.25) is 0 Å². The third kappa shape index (κ3) is 3.91. The minimum atomic E-state index is -0.431. The lowest BCUT2D eigenvalue weighted by Crippen LogP contribution is -2.36. The summed E-state index contributed by atoms with van der Waals surface area (Å²) in [5, 5.41) is 5.11. The van der Waals surface area contributed by atoms with Crippen molar-refractivity contribution in [2.24, 2.45) is 0 Å². The van der Waals surface area contributed by atoms with Gasteiger partial charge < -0.3 is 15.6 Å². The zero-order valence-corrected chi connectivity index (χ0v) is 10.5. The Hall–Kier alpha value is -2.70. The summed E-state index contributed by atoms with van der Waals surface area (Å²) < 4.78 is 12.6. The number of aromatic nitrogens is 2. The number of H-pyrrole nitrogens is 1. The smallest absolute Gasteiger partial charge is 0.315 e. The summed E-state index contributed by atoms with van der Waals surface area (Å²) in [6.07, 6.45) is 2.60. The number of amides is 2. The van der Waals surface area contributed by atoms with Crippen molar-refractivity contribution in [1.82, 2.24) is 20.6 Å². The van der Waals surface area contributed by atoms with E-state index in [9.17, 15) is 14.0 Å². The topological polar surface area (TPSA) is 86.9 Å². The minimum absolute atomic E-state index is 0.124. The lowest BCUT2D eigenvalue weighted by Gasteiger charge is -2.06. The van der Waals surface area contributed by atoms with E-state index in [4.69, 9.17) is 0 Å². The maximum Gasteiger partial charge on any atom is 0.315 e. The largest absolute Gasteiger partial charge is 0.334 e. The molecule has 0 aliphatic carbocycles. The molecule has 0 aliphatic rings. The van der Waals surface area contributed by atoms with Gasteiger partial charge in [0, 0.05) is 18.3 Å². The lowest BCUT2D eigenvalue weighted by atomic mass is 10.3. The van der Waals surface area contributed by atoms with Crippen LogP contribution >= 0.6 is 0 Å². The number of urea groups is 1. The normalized spacial score (nSPS) is 10.1. The fourth-order valence-electron chi connectivity index (χ4n) is 1.52. The number of carbonyl (C=O) groups excluding carboxylic acids is 1. The summed E-state index contributed by atoms with van der Waals surface area (Å²) in [5.41, 5.74) is 0.759. The van der Waals surface area contributed by atoms with Gasteiger partial charge in [0.1, 0.15) is 5.82 Å². The number of nitrogens with zero attached hydrogens (tertiary/aromatic N) is 1. The van der Waals surface area contributed by atoms with Gasteiger partial charge in [-0.3, -0.25) is 9.78 Å². The first-order valence-corrected chi connectivity index (χ1v) is 5.94. The highest BCUT2D eigenvalue weighted by Gasteiger charge is 2.03. The van der Waals surface area contributed by atoms with Crippen molar-refractivity contribution in [3.8, 4) is 0 Å². The predicted octanol–water partition coefficient (Wildman–Crippen LogP) is 0.908. The van der Waals surface area contributed by atoms with E-state index in [0.717, 1.165) is 6.20 Å². The quantitative estimate of drug-likeness (QED) is 0.775. The van der Waals surface area contributed by atoms with Crippen LogP contribution < -0.4 is 16.2 Å². The molecule has 2 aromatic rings. The van der Waals surface area contributed by atoms with Gasteiger partial charge in [0.25, 0.3) is 5.56 Å².